The number of carboxylic acid groups (broad SMARTS) is 1. The van der Waals surface area contributed by atoms with E-state index in [1.54, 1.807) is 18.2 Å². The molecule has 1 aromatic rings. The first-order valence-corrected chi connectivity index (χ1v) is 5.01. The molecule has 0 radical (unpaired) electrons. The van der Waals surface area contributed by atoms with Crippen LogP contribution in [0.5, 0.6) is 0 Å². The summed E-state index contributed by atoms with van der Waals surface area (Å²) < 4.78 is 0. The third-order valence-corrected chi connectivity index (χ3v) is 2.54. The lowest BCUT2D eigenvalue weighted by Gasteiger charge is -2.08. The summed E-state index contributed by atoms with van der Waals surface area (Å²) in [6, 6.07) is 4.38. The summed E-state index contributed by atoms with van der Waals surface area (Å²) in [5.41, 5.74) is 1.34. The Kier molecular flexibility index (Phi) is 2.80. The van der Waals surface area contributed by atoms with Crippen molar-refractivity contribution in [1.29, 1.82) is 0 Å². The van der Waals surface area contributed by atoms with Gasteiger partial charge in [-0.1, -0.05) is 17.7 Å². The number of anilines is 1. The van der Waals surface area contributed by atoms with E-state index < -0.39 is 12.0 Å². The number of hydrogen-bond acceptors (Lipinski definition) is 3. The summed E-state index contributed by atoms with van der Waals surface area (Å²) in [5, 5.41) is 14.3. The van der Waals surface area contributed by atoms with E-state index in [0.717, 1.165) is 5.56 Å². The smallest absolute Gasteiger partial charge is 0.317 e. The fourth-order valence-electron chi connectivity index (χ4n) is 1.63. The monoisotopic (exact) mass is 240 g/mol. The SMILES string of the molecule is O=C(O)CNC1C(=O)Nc2cc(Cl)ccc21. The fourth-order valence-corrected chi connectivity index (χ4v) is 1.80. The first-order valence-electron chi connectivity index (χ1n) is 4.63. The van der Waals surface area contributed by atoms with E-state index in [1.165, 1.54) is 0 Å². The van der Waals surface area contributed by atoms with Crippen LogP contribution in [-0.2, 0) is 9.59 Å². The van der Waals surface area contributed by atoms with E-state index in [4.69, 9.17) is 16.7 Å². The summed E-state index contributed by atoms with van der Waals surface area (Å²) in [7, 11) is 0. The van der Waals surface area contributed by atoms with Gasteiger partial charge in [0.2, 0.25) is 5.91 Å². The van der Waals surface area contributed by atoms with Crippen molar-refractivity contribution in [1.82, 2.24) is 5.32 Å². The van der Waals surface area contributed by atoms with Gasteiger partial charge in [-0.15, -0.1) is 0 Å². The van der Waals surface area contributed by atoms with Crippen molar-refractivity contribution in [2.24, 2.45) is 0 Å². The Balaban J connectivity index is 2.22. The van der Waals surface area contributed by atoms with Crippen LogP contribution in [0.2, 0.25) is 5.02 Å². The fraction of sp³-hybridized carbons (Fsp3) is 0.200. The number of halogens is 1. The number of benzene rings is 1. The van der Waals surface area contributed by atoms with Gasteiger partial charge in [-0.05, 0) is 12.1 Å². The zero-order valence-corrected chi connectivity index (χ0v) is 8.91. The predicted molar refractivity (Wildman–Crippen MR) is 58.5 cm³/mol. The molecule has 3 N–H and O–H groups in total. The molecule has 1 atom stereocenters. The first kappa shape index (κ1) is 10.9. The normalized spacial score (nSPS) is 18.1. The number of carbonyl (C=O) groups is 2. The second-order valence-electron chi connectivity index (χ2n) is 3.43. The van der Waals surface area contributed by atoms with Gasteiger partial charge in [-0.25, -0.2) is 0 Å². The maximum Gasteiger partial charge on any atom is 0.317 e. The Labute approximate surface area is 96.4 Å². The molecule has 2 rings (SSSR count). The van der Waals surface area contributed by atoms with Crippen molar-refractivity contribution >= 4 is 29.2 Å². The maximum absolute atomic E-state index is 11.5. The van der Waals surface area contributed by atoms with Crippen LogP contribution in [-0.4, -0.2) is 23.5 Å². The highest BCUT2D eigenvalue weighted by Crippen LogP contribution is 2.32. The molecule has 1 heterocycles. The van der Waals surface area contributed by atoms with Gasteiger partial charge in [0.25, 0.3) is 0 Å². The molecule has 0 spiro atoms. The Morgan fingerprint density at radius 3 is 3.00 bits per heavy atom. The lowest BCUT2D eigenvalue weighted by molar-refractivity contribution is -0.136. The number of carboxylic acids is 1. The molecule has 0 saturated carbocycles. The average Bonchev–Trinajstić information content (AvgIpc) is 2.50. The minimum Gasteiger partial charge on any atom is -0.480 e. The molecule has 16 heavy (non-hydrogen) atoms. The van der Waals surface area contributed by atoms with Crippen LogP contribution in [0.4, 0.5) is 5.69 Å². The van der Waals surface area contributed by atoms with Crippen molar-refractivity contribution in [2.75, 3.05) is 11.9 Å². The summed E-state index contributed by atoms with van der Waals surface area (Å²) in [6.07, 6.45) is 0. The minimum atomic E-state index is -1.00. The van der Waals surface area contributed by atoms with Crippen LogP contribution in [0.15, 0.2) is 18.2 Å². The number of aliphatic carboxylic acids is 1. The molecular formula is C10H9ClN2O3. The van der Waals surface area contributed by atoms with Crippen LogP contribution >= 0.6 is 11.6 Å². The van der Waals surface area contributed by atoms with E-state index in [9.17, 15) is 9.59 Å². The van der Waals surface area contributed by atoms with E-state index in [-0.39, 0.29) is 12.5 Å². The van der Waals surface area contributed by atoms with E-state index in [1.807, 2.05) is 0 Å². The molecule has 1 aliphatic rings. The molecule has 0 aliphatic carbocycles. The molecule has 1 amide bonds. The molecule has 1 unspecified atom stereocenters. The summed E-state index contributed by atoms with van der Waals surface area (Å²) in [6.45, 7) is -0.264. The number of rotatable bonds is 3. The predicted octanol–water partition coefficient (Wildman–Crippen LogP) is 1.01. The standard InChI is InChI=1S/C10H9ClN2O3/c11-5-1-2-6-7(3-5)13-10(16)9(6)12-4-8(14)15/h1-3,9,12H,4H2,(H,13,16)(H,14,15). The molecule has 0 aromatic heterocycles. The van der Waals surface area contributed by atoms with Crippen LogP contribution in [0.3, 0.4) is 0 Å². The average molecular weight is 241 g/mol. The van der Waals surface area contributed by atoms with Crippen molar-refractivity contribution in [3.8, 4) is 0 Å². The number of fused-ring (bicyclic) bond motifs is 1. The van der Waals surface area contributed by atoms with E-state index >= 15 is 0 Å². The third kappa shape index (κ3) is 2.00. The Morgan fingerprint density at radius 2 is 2.31 bits per heavy atom. The van der Waals surface area contributed by atoms with Gasteiger partial charge < -0.3 is 10.4 Å². The van der Waals surface area contributed by atoms with Crippen molar-refractivity contribution < 1.29 is 14.7 Å². The highest BCUT2D eigenvalue weighted by atomic mass is 35.5. The van der Waals surface area contributed by atoms with Gasteiger partial charge >= 0.3 is 5.97 Å². The van der Waals surface area contributed by atoms with E-state index in [2.05, 4.69) is 10.6 Å². The molecule has 5 nitrogen and oxygen atoms in total. The highest BCUT2D eigenvalue weighted by molar-refractivity contribution is 6.31. The van der Waals surface area contributed by atoms with Crippen molar-refractivity contribution in [3.05, 3.63) is 28.8 Å². The van der Waals surface area contributed by atoms with Crippen molar-refractivity contribution in [3.63, 3.8) is 0 Å². The van der Waals surface area contributed by atoms with Gasteiger partial charge in [0.05, 0.1) is 6.54 Å². The zero-order chi connectivity index (χ0) is 11.7. The Bertz CT molecular complexity index is 461. The van der Waals surface area contributed by atoms with Gasteiger partial charge in [0, 0.05) is 16.3 Å². The van der Waals surface area contributed by atoms with Gasteiger partial charge in [0.15, 0.2) is 0 Å². The van der Waals surface area contributed by atoms with Crippen LogP contribution in [0.25, 0.3) is 0 Å². The number of hydrogen-bond donors (Lipinski definition) is 3. The minimum absolute atomic E-state index is 0.264. The molecule has 1 aliphatic heterocycles. The largest absolute Gasteiger partial charge is 0.480 e. The van der Waals surface area contributed by atoms with Crippen LogP contribution in [0, 0.1) is 0 Å². The quantitative estimate of drug-likeness (QED) is 0.737. The van der Waals surface area contributed by atoms with Crippen LogP contribution < -0.4 is 10.6 Å². The van der Waals surface area contributed by atoms with Crippen LogP contribution in [0.1, 0.15) is 11.6 Å². The number of carbonyl (C=O) groups excluding carboxylic acids is 1. The summed E-state index contributed by atoms with van der Waals surface area (Å²) in [5.74, 6) is -1.27. The lowest BCUT2D eigenvalue weighted by atomic mass is 10.1. The second-order valence-corrected chi connectivity index (χ2v) is 3.86. The number of nitrogens with one attached hydrogen (secondary N) is 2. The van der Waals surface area contributed by atoms with Gasteiger partial charge in [-0.2, -0.15) is 0 Å². The summed E-state index contributed by atoms with van der Waals surface area (Å²) >= 11 is 5.78. The molecule has 0 bridgehead atoms. The first-order chi connectivity index (χ1) is 7.58. The Morgan fingerprint density at radius 1 is 1.56 bits per heavy atom. The number of amides is 1. The highest BCUT2D eigenvalue weighted by Gasteiger charge is 2.30. The Hall–Kier alpha value is -1.59. The molecule has 0 fully saturated rings. The molecule has 6 heteroatoms. The zero-order valence-electron chi connectivity index (χ0n) is 8.16. The van der Waals surface area contributed by atoms with Gasteiger partial charge in [0.1, 0.15) is 6.04 Å². The van der Waals surface area contributed by atoms with Gasteiger partial charge in [-0.3, -0.25) is 14.9 Å². The lowest BCUT2D eigenvalue weighted by Crippen LogP contribution is -2.31. The summed E-state index contributed by atoms with van der Waals surface area (Å²) in [4.78, 5) is 22.0. The van der Waals surface area contributed by atoms with Crippen molar-refractivity contribution in [2.45, 2.75) is 6.04 Å². The third-order valence-electron chi connectivity index (χ3n) is 2.30. The maximum atomic E-state index is 11.5. The molecule has 0 saturated heterocycles. The molecular weight excluding hydrogens is 232 g/mol. The molecule has 84 valence electrons. The second kappa shape index (κ2) is 4.11. The molecule has 1 aromatic carbocycles. The topological polar surface area (TPSA) is 78.4 Å². The van der Waals surface area contributed by atoms with E-state index in [0.29, 0.717) is 10.7 Å².